The van der Waals surface area contributed by atoms with Gasteiger partial charge in [-0.25, -0.2) is 9.97 Å². The molecular formula is C47H32N2S. The van der Waals surface area contributed by atoms with Crippen molar-refractivity contribution in [2.75, 3.05) is 0 Å². The van der Waals surface area contributed by atoms with Crippen molar-refractivity contribution in [3.63, 3.8) is 0 Å². The fourth-order valence-electron chi connectivity index (χ4n) is 7.96. The standard InChI is InChI=1S/C47H32N2S/c1-47(2)40-21-10-8-18-34(40)35-24-23-31(26-41(35)47)43-28-42(29-13-4-3-5-14-29)48-46(49-43)32-16-12-15-30(25-32)38-27-39-36-19-9-11-22-44(36)50-45(39)37-20-7-6-17-33(37)38/h3-28H,1-2H3. The summed E-state index contributed by atoms with van der Waals surface area (Å²) in [5, 5.41) is 5.15. The second-order valence-corrected chi connectivity index (χ2v) is 14.8. The zero-order valence-electron chi connectivity index (χ0n) is 27.8. The molecule has 0 spiro atoms. The fraction of sp³-hybridized carbons (Fsp3) is 0.0638. The SMILES string of the molecule is CC1(C)c2ccccc2-c2ccc(-c3cc(-c4ccccc4)nc(-c4cccc(-c5cc6c7ccccc7sc6c6ccccc56)c4)n3)cc21. The van der Waals surface area contributed by atoms with Crippen molar-refractivity contribution in [3.8, 4) is 56.2 Å². The van der Waals surface area contributed by atoms with Gasteiger partial charge in [-0.2, -0.15) is 0 Å². The van der Waals surface area contributed by atoms with E-state index in [4.69, 9.17) is 9.97 Å². The Morgan fingerprint density at radius 3 is 1.94 bits per heavy atom. The number of nitrogens with zero attached hydrogens (tertiary/aromatic N) is 2. The molecule has 0 fully saturated rings. The smallest absolute Gasteiger partial charge is 0.160 e. The van der Waals surface area contributed by atoms with Gasteiger partial charge in [-0.15, -0.1) is 11.3 Å². The van der Waals surface area contributed by atoms with Crippen molar-refractivity contribution < 1.29 is 0 Å². The summed E-state index contributed by atoms with van der Waals surface area (Å²) < 4.78 is 2.65. The summed E-state index contributed by atoms with van der Waals surface area (Å²) >= 11 is 1.88. The van der Waals surface area contributed by atoms with Crippen LogP contribution in [0, 0.1) is 0 Å². The molecule has 9 aromatic rings. The van der Waals surface area contributed by atoms with E-state index in [-0.39, 0.29) is 5.41 Å². The molecule has 0 atom stereocenters. The van der Waals surface area contributed by atoms with Gasteiger partial charge in [0.15, 0.2) is 5.82 Å². The van der Waals surface area contributed by atoms with Crippen LogP contribution in [0.3, 0.4) is 0 Å². The highest BCUT2D eigenvalue weighted by Crippen LogP contribution is 2.49. The highest BCUT2D eigenvalue weighted by atomic mass is 32.1. The van der Waals surface area contributed by atoms with Crippen LogP contribution in [0.15, 0.2) is 158 Å². The average molecular weight is 657 g/mol. The highest BCUT2D eigenvalue weighted by Gasteiger charge is 2.35. The predicted octanol–water partition coefficient (Wildman–Crippen LogP) is 13.0. The maximum Gasteiger partial charge on any atom is 0.160 e. The average Bonchev–Trinajstić information content (AvgIpc) is 3.67. The minimum absolute atomic E-state index is 0.0912. The minimum Gasteiger partial charge on any atom is -0.228 e. The van der Waals surface area contributed by atoms with Crippen LogP contribution in [-0.4, -0.2) is 9.97 Å². The van der Waals surface area contributed by atoms with Crippen molar-refractivity contribution in [2.45, 2.75) is 19.3 Å². The predicted molar refractivity (Wildman–Crippen MR) is 212 cm³/mol. The molecule has 1 aliphatic carbocycles. The Kier molecular flexibility index (Phi) is 6.43. The maximum absolute atomic E-state index is 5.29. The number of rotatable bonds is 4. The van der Waals surface area contributed by atoms with Crippen molar-refractivity contribution in [1.29, 1.82) is 0 Å². The van der Waals surface area contributed by atoms with Crippen LogP contribution in [0.4, 0.5) is 0 Å². The Morgan fingerprint density at radius 1 is 0.420 bits per heavy atom. The molecule has 236 valence electrons. The largest absolute Gasteiger partial charge is 0.228 e. The van der Waals surface area contributed by atoms with Crippen LogP contribution in [0.25, 0.3) is 87.1 Å². The van der Waals surface area contributed by atoms with Gasteiger partial charge >= 0.3 is 0 Å². The normalized spacial score (nSPS) is 13.2. The van der Waals surface area contributed by atoms with E-state index in [2.05, 4.69) is 166 Å². The lowest BCUT2D eigenvalue weighted by Crippen LogP contribution is -2.14. The summed E-state index contributed by atoms with van der Waals surface area (Å²) in [5.41, 5.74) is 12.6. The first kappa shape index (κ1) is 29.1. The van der Waals surface area contributed by atoms with Gasteiger partial charge in [0, 0.05) is 47.7 Å². The van der Waals surface area contributed by atoms with Crippen LogP contribution in [-0.2, 0) is 5.41 Å². The van der Waals surface area contributed by atoms with Crippen molar-refractivity contribution in [3.05, 3.63) is 169 Å². The molecule has 0 amide bonds. The van der Waals surface area contributed by atoms with E-state index in [1.165, 1.54) is 58.8 Å². The minimum atomic E-state index is -0.0912. The molecule has 0 saturated carbocycles. The number of hydrogen-bond donors (Lipinski definition) is 0. The fourth-order valence-corrected chi connectivity index (χ4v) is 9.18. The molecule has 7 aromatic carbocycles. The molecule has 1 aliphatic rings. The number of aromatic nitrogens is 2. The first-order valence-electron chi connectivity index (χ1n) is 17.2. The lowest BCUT2D eigenvalue weighted by atomic mass is 9.82. The quantitative estimate of drug-likeness (QED) is 0.188. The number of fused-ring (bicyclic) bond motifs is 8. The van der Waals surface area contributed by atoms with E-state index in [1.807, 2.05) is 17.4 Å². The van der Waals surface area contributed by atoms with Gasteiger partial charge in [0.2, 0.25) is 0 Å². The van der Waals surface area contributed by atoms with Gasteiger partial charge < -0.3 is 0 Å². The van der Waals surface area contributed by atoms with E-state index in [0.717, 1.165) is 39.5 Å². The Labute approximate surface area is 295 Å². The molecule has 2 aromatic heterocycles. The van der Waals surface area contributed by atoms with Gasteiger partial charge in [-0.05, 0) is 69.1 Å². The van der Waals surface area contributed by atoms with Crippen molar-refractivity contribution in [2.24, 2.45) is 0 Å². The summed E-state index contributed by atoms with van der Waals surface area (Å²) in [6.45, 7) is 4.65. The van der Waals surface area contributed by atoms with Gasteiger partial charge in [0.05, 0.1) is 11.4 Å². The summed E-state index contributed by atoms with van der Waals surface area (Å²) in [5.74, 6) is 0.720. The molecule has 0 N–H and O–H groups in total. The zero-order chi connectivity index (χ0) is 33.4. The number of thiophene rings is 1. The first-order chi connectivity index (χ1) is 24.5. The summed E-state index contributed by atoms with van der Waals surface area (Å²) in [6.07, 6.45) is 0. The van der Waals surface area contributed by atoms with Gasteiger partial charge in [-0.1, -0.05) is 141 Å². The van der Waals surface area contributed by atoms with Crippen LogP contribution >= 0.6 is 11.3 Å². The van der Waals surface area contributed by atoms with Gasteiger partial charge in [0.1, 0.15) is 0 Å². The van der Waals surface area contributed by atoms with E-state index in [9.17, 15) is 0 Å². The van der Waals surface area contributed by atoms with E-state index in [1.54, 1.807) is 0 Å². The summed E-state index contributed by atoms with van der Waals surface area (Å²) in [7, 11) is 0. The molecule has 50 heavy (non-hydrogen) atoms. The summed E-state index contributed by atoms with van der Waals surface area (Å²) in [4.78, 5) is 10.5. The van der Waals surface area contributed by atoms with Crippen LogP contribution in [0.5, 0.6) is 0 Å². The highest BCUT2D eigenvalue weighted by molar-refractivity contribution is 7.26. The third-order valence-electron chi connectivity index (χ3n) is 10.5. The second kappa shape index (κ2) is 11.1. The number of hydrogen-bond acceptors (Lipinski definition) is 3. The molecule has 0 aliphatic heterocycles. The maximum atomic E-state index is 5.29. The molecule has 0 unspecified atom stereocenters. The monoisotopic (exact) mass is 656 g/mol. The molecule has 0 bridgehead atoms. The topological polar surface area (TPSA) is 25.8 Å². The van der Waals surface area contributed by atoms with Crippen LogP contribution < -0.4 is 0 Å². The Balaban J connectivity index is 1.15. The lowest BCUT2D eigenvalue weighted by molar-refractivity contribution is 0.660. The van der Waals surface area contributed by atoms with E-state index in [0.29, 0.717) is 0 Å². The molecule has 3 heteroatoms. The Morgan fingerprint density at radius 2 is 1.08 bits per heavy atom. The van der Waals surface area contributed by atoms with Gasteiger partial charge in [0.25, 0.3) is 0 Å². The van der Waals surface area contributed by atoms with E-state index < -0.39 is 0 Å². The lowest BCUT2D eigenvalue weighted by Gasteiger charge is -2.22. The second-order valence-electron chi connectivity index (χ2n) is 13.8. The molecule has 0 radical (unpaired) electrons. The molecule has 2 heterocycles. The Hall–Kier alpha value is -5.90. The number of benzene rings is 7. The Bertz CT molecular complexity index is 2790. The summed E-state index contributed by atoms with van der Waals surface area (Å²) in [6, 6.07) is 56.9. The van der Waals surface area contributed by atoms with Crippen LogP contribution in [0.1, 0.15) is 25.0 Å². The first-order valence-corrected chi connectivity index (χ1v) is 18.0. The van der Waals surface area contributed by atoms with Crippen LogP contribution in [0.2, 0.25) is 0 Å². The molecule has 2 nitrogen and oxygen atoms in total. The van der Waals surface area contributed by atoms with E-state index >= 15 is 0 Å². The van der Waals surface area contributed by atoms with Crippen molar-refractivity contribution >= 4 is 42.3 Å². The molecular weight excluding hydrogens is 625 g/mol. The van der Waals surface area contributed by atoms with Crippen molar-refractivity contribution in [1.82, 2.24) is 9.97 Å². The van der Waals surface area contributed by atoms with Gasteiger partial charge in [-0.3, -0.25) is 0 Å². The molecule has 0 saturated heterocycles. The third-order valence-corrected chi connectivity index (χ3v) is 11.7. The third kappa shape index (κ3) is 4.47. The zero-order valence-corrected chi connectivity index (χ0v) is 28.6. The molecule has 10 rings (SSSR count).